The van der Waals surface area contributed by atoms with Gasteiger partial charge in [0.25, 0.3) is 5.91 Å². The topological polar surface area (TPSA) is 46.9 Å². The van der Waals surface area contributed by atoms with Gasteiger partial charge in [0.15, 0.2) is 0 Å². The molecule has 0 fully saturated rings. The van der Waals surface area contributed by atoms with Gasteiger partial charge in [-0.25, -0.2) is 4.68 Å². The molecular weight excluding hydrogens is 350 g/mol. The molecule has 0 unspecified atom stereocenters. The highest BCUT2D eigenvalue weighted by Gasteiger charge is 2.10. The van der Waals surface area contributed by atoms with Crippen LogP contribution in [0.15, 0.2) is 58.6 Å². The molecular formula is C15H12BrN3OS. The normalized spacial score (nSPS) is 10.5. The minimum absolute atomic E-state index is 0.127. The molecule has 0 spiro atoms. The third-order valence-electron chi connectivity index (χ3n) is 2.97. The van der Waals surface area contributed by atoms with Gasteiger partial charge >= 0.3 is 0 Å². The summed E-state index contributed by atoms with van der Waals surface area (Å²) in [5, 5.41) is 9.10. The van der Waals surface area contributed by atoms with Crippen LogP contribution < -0.4 is 5.32 Å². The number of halogens is 1. The molecule has 0 aliphatic carbocycles. The van der Waals surface area contributed by atoms with Gasteiger partial charge in [-0.1, -0.05) is 18.2 Å². The van der Waals surface area contributed by atoms with Gasteiger partial charge in [-0.05, 0) is 39.5 Å². The second-order valence-electron chi connectivity index (χ2n) is 4.38. The van der Waals surface area contributed by atoms with Crippen molar-refractivity contribution in [2.24, 2.45) is 0 Å². The van der Waals surface area contributed by atoms with Crippen molar-refractivity contribution in [1.82, 2.24) is 15.1 Å². The molecule has 1 aromatic carbocycles. The Kier molecular flexibility index (Phi) is 4.17. The van der Waals surface area contributed by atoms with Crippen LogP contribution >= 0.6 is 27.3 Å². The van der Waals surface area contributed by atoms with E-state index in [2.05, 4.69) is 26.3 Å². The third kappa shape index (κ3) is 3.22. The molecule has 0 atom stereocenters. The average Bonchev–Trinajstić information content (AvgIpc) is 3.15. The summed E-state index contributed by atoms with van der Waals surface area (Å²) in [6.45, 7) is 0.508. The van der Waals surface area contributed by atoms with Crippen LogP contribution in [-0.4, -0.2) is 15.7 Å². The molecule has 3 aromatic rings. The maximum Gasteiger partial charge on any atom is 0.254 e. The van der Waals surface area contributed by atoms with Crippen molar-refractivity contribution in [3.05, 3.63) is 69.1 Å². The largest absolute Gasteiger partial charge is 0.347 e. The van der Waals surface area contributed by atoms with E-state index in [1.54, 1.807) is 28.4 Å². The van der Waals surface area contributed by atoms with Gasteiger partial charge in [-0.15, -0.1) is 11.3 Å². The molecule has 2 aromatic heterocycles. The van der Waals surface area contributed by atoms with Crippen LogP contribution in [-0.2, 0) is 6.54 Å². The number of hydrogen-bond acceptors (Lipinski definition) is 3. The van der Waals surface area contributed by atoms with Crippen molar-refractivity contribution in [3.63, 3.8) is 0 Å². The summed E-state index contributed by atoms with van der Waals surface area (Å²) in [5.74, 6) is -0.127. The van der Waals surface area contributed by atoms with Gasteiger partial charge in [0, 0.05) is 15.5 Å². The Hall–Kier alpha value is -1.92. The van der Waals surface area contributed by atoms with Crippen molar-refractivity contribution < 1.29 is 4.79 Å². The fraction of sp³-hybridized carbons (Fsp3) is 0.0667. The molecule has 0 aliphatic rings. The number of thiophene rings is 1. The van der Waals surface area contributed by atoms with Gasteiger partial charge in [0.2, 0.25) is 0 Å². The van der Waals surface area contributed by atoms with Crippen LogP contribution in [0.25, 0.3) is 5.69 Å². The van der Waals surface area contributed by atoms with Gasteiger partial charge in [-0.2, -0.15) is 5.10 Å². The quantitative estimate of drug-likeness (QED) is 0.771. The monoisotopic (exact) mass is 361 g/mol. The Labute approximate surface area is 134 Å². The molecule has 2 heterocycles. The number of nitrogens with zero attached hydrogens (tertiary/aromatic N) is 2. The lowest BCUT2D eigenvalue weighted by atomic mass is 10.3. The minimum Gasteiger partial charge on any atom is -0.347 e. The summed E-state index contributed by atoms with van der Waals surface area (Å²) in [4.78, 5) is 13.2. The van der Waals surface area contributed by atoms with Crippen LogP contribution in [0.3, 0.4) is 0 Å². The first-order chi connectivity index (χ1) is 10.2. The molecule has 106 valence electrons. The van der Waals surface area contributed by atoms with Crippen molar-refractivity contribution in [2.75, 3.05) is 0 Å². The fourth-order valence-electron chi connectivity index (χ4n) is 1.88. The molecule has 3 rings (SSSR count). The number of rotatable bonds is 4. The molecule has 0 radical (unpaired) electrons. The summed E-state index contributed by atoms with van der Waals surface area (Å²) < 4.78 is 2.71. The first-order valence-electron chi connectivity index (χ1n) is 6.34. The number of aromatic nitrogens is 2. The van der Waals surface area contributed by atoms with E-state index in [9.17, 15) is 4.79 Å². The van der Waals surface area contributed by atoms with Gasteiger partial charge in [0.1, 0.15) is 0 Å². The summed E-state index contributed by atoms with van der Waals surface area (Å²) in [6, 6.07) is 11.7. The van der Waals surface area contributed by atoms with Gasteiger partial charge < -0.3 is 5.32 Å². The highest BCUT2D eigenvalue weighted by atomic mass is 79.9. The van der Waals surface area contributed by atoms with E-state index in [-0.39, 0.29) is 5.91 Å². The lowest BCUT2D eigenvalue weighted by Crippen LogP contribution is -2.22. The maximum atomic E-state index is 12.1. The molecule has 4 nitrogen and oxygen atoms in total. The van der Waals surface area contributed by atoms with Gasteiger partial charge in [0.05, 0.1) is 24.0 Å². The zero-order valence-corrected chi connectivity index (χ0v) is 13.4. The summed E-state index contributed by atoms with van der Waals surface area (Å²) in [6.07, 6.45) is 3.31. The van der Waals surface area contributed by atoms with E-state index < -0.39 is 0 Å². The second-order valence-corrected chi connectivity index (χ2v) is 6.24. The molecule has 0 aliphatic heterocycles. The smallest absolute Gasteiger partial charge is 0.254 e. The Balaban J connectivity index is 1.69. The van der Waals surface area contributed by atoms with Crippen molar-refractivity contribution >= 4 is 33.2 Å². The molecule has 0 saturated heterocycles. The van der Waals surface area contributed by atoms with E-state index in [0.29, 0.717) is 12.1 Å². The Morgan fingerprint density at radius 2 is 2.10 bits per heavy atom. The number of benzene rings is 1. The van der Waals surface area contributed by atoms with Crippen LogP contribution in [0.2, 0.25) is 0 Å². The summed E-state index contributed by atoms with van der Waals surface area (Å²) in [7, 11) is 0. The highest BCUT2D eigenvalue weighted by Crippen LogP contribution is 2.22. The second kappa shape index (κ2) is 6.24. The summed E-state index contributed by atoms with van der Waals surface area (Å²) >= 11 is 5.06. The number of hydrogen-bond donors (Lipinski definition) is 1. The number of amides is 1. The lowest BCUT2D eigenvalue weighted by molar-refractivity contribution is 0.0951. The third-order valence-corrected chi connectivity index (χ3v) is 4.89. The predicted octanol–water partition coefficient (Wildman–Crippen LogP) is 3.63. The zero-order valence-electron chi connectivity index (χ0n) is 11.0. The summed E-state index contributed by atoms with van der Waals surface area (Å²) in [5.41, 5.74) is 1.48. The number of carbonyl (C=O) groups excluding carboxylic acids is 1. The highest BCUT2D eigenvalue weighted by molar-refractivity contribution is 9.10. The fourth-order valence-corrected chi connectivity index (χ4v) is 3.31. The molecule has 1 N–H and O–H groups in total. The van der Waals surface area contributed by atoms with E-state index in [4.69, 9.17) is 0 Å². The standard InChI is InChI=1S/C15H12BrN3OS/c16-13-6-7-21-14(13)9-17-15(20)11-8-18-19(10-11)12-4-2-1-3-5-12/h1-8,10H,9H2,(H,17,20). The molecule has 1 amide bonds. The molecule has 6 heteroatoms. The predicted molar refractivity (Wildman–Crippen MR) is 86.8 cm³/mol. The van der Waals surface area contributed by atoms with Crippen LogP contribution in [0, 0.1) is 0 Å². The minimum atomic E-state index is -0.127. The van der Waals surface area contributed by atoms with E-state index in [0.717, 1.165) is 15.0 Å². The van der Waals surface area contributed by atoms with Crippen LogP contribution in [0.4, 0.5) is 0 Å². The van der Waals surface area contributed by atoms with E-state index >= 15 is 0 Å². The van der Waals surface area contributed by atoms with Crippen molar-refractivity contribution in [3.8, 4) is 5.69 Å². The maximum absolute atomic E-state index is 12.1. The van der Waals surface area contributed by atoms with E-state index in [1.165, 1.54) is 0 Å². The zero-order chi connectivity index (χ0) is 14.7. The van der Waals surface area contributed by atoms with Crippen molar-refractivity contribution in [2.45, 2.75) is 6.54 Å². The Bertz CT molecular complexity index is 751. The van der Waals surface area contributed by atoms with Crippen LogP contribution in [0.5, 0.6) is 0 Å². The van der Waals surface area contributed by atoms with Gasteiger partial charge in [-0.3, -0.25) is 4.79 Å². The number of nitrogens with one attached hydrogen (secondary N) is 1. The number of para-hydroxylation sites is 1. The molecule has 21 heavy (non-hydrogen) atoms. The Morgan fingerprint density at radius 3 is 2.81 bits per heavy atom. The first-order valence-corrected chi connectivity index (χ1v) is 8.01. The Morgan fingerprint density at radius 1 is 1.29 bits per heavy atom. The molecule has 0 bridgehead atoms. The molecule has 0 saturated carbocycles. The van der Waals surface area contributed by atoms with E-state index in [1.807, 2.05) is 41.8 Å². The number of carbonyl (C=O) groups is 1. The first kappa shape index (κ1) is 14.0. The van der Waals surface area contributed by atoms with Crippen LogP contribution in [0.1, 0.15) is 15.2 Å². The SMILES string of the molecule is O=C(NCc1sccc1Br)c1cnn(-c2ccccc2)c1. The lowest BCUT2D eigenvalue weighted by Gasteiger charge is -2.02. The van der Waals surface area contributed by atoms with Crippen molar-refractivity contribution in [1.29, 1.82) is 0 Å². The average molecular weight is 362 g/mol.